The van der Waals surface area contributed by atoms with E-state index >= 15 is 0 Å². The molecular formula is C25H24N2OS. The average molecular weight is 401 g/mol. The highest BCUT2D eigenvalue weighted by Crippen LogP contribution is 2.36. The zero-order valence-electron chi connectivity index (χ0n) is 16.8. The maximum absolute atomic E-state index is 12.7. The topological polar surface area (TPSA) is 32.3 Å². The third kappa shape index (κ3) is 4.38. The van der Waals surface area contributed by atoms with Crippen LogP contribution in [-0.2, 0) is 4.79 Å². The molecule has 0 radical (unpaired) electrons. The van der Waals surface area contributed by atoms with E-state index in [9.17, 15) is 4.79 Å². The highest BCUT2D eigenvalue weighted by Gasteiger charge is 2.33. The lowest BCUT2D eigenvalue weighted by molar-refractivity contribution is -0.124. The van der Waals surface area contributed by atoms with E-state index in [1.54, 1.807) is 16.7 Å². The lowest BCUT2D eigenvalue weighted by Crippen LogP contribution is -2.33. The molecule has 1 saturated heterocycles. The maximum atomic E-state index is 12.7. The van der Waals surface area contributed by atoms with Gasteiger partial charge in [-0.1, -0.05) is 83.6 Å². The van der Waals surface area contributed by atoms with Gasteiger partial charge in [0.2, 0.25) is 0 Å². The predicted molar refractivity (Wildman–Crippen MR) is 124 cm³/mol. The Morgan fingerprint density at radius 2 is 1.34 bits per heavy atom. The van der Waals surface area contributed by atoms with E-state index in [1.807, 2.05) is 25.3 Å². The number of hydrogen-bond donors (Lipinski definition) is 1. The summed E-state index contributed by atoms with van der Waals surface area (Å²) < 4.78 is 0. The van der Waals surface area contributed by atoms with Crippen LogP contribution in [0.1, 0.15) is 16.7 Å². The first-order valence-corrected chi connectivity index (χ1v) is 10.5. The number of thioether (sulfide) groups is 1. The number of likely N-dealkylation sites (N-methyl/N-ethyl adjacent to an activating group) is 1. The average Bonchev–Trinajstić information content (AvgIpc) is 2.99. The smallest absolute Gasteiger partial charge is 0.262 e. The Hall–Kier alpha value is -2.98. The molecule has 1 atom stereocenters. The molecule has 29 heavy (non-hydrogen) atoms. The molecule has 1 aliphatic rings. The molecule has 1 aliphatic heterocycles. The Balaban J connectivity index is 1.49. The molecule has 1 unspecified atom stereocenters. The summed E-state index contributed by atoms with van der Waals surface area (Å²) in [6, 6.07) is 25.1. The number of hydrogen-bond acceptors (Lipinski definition) is 3. The van der Waals surface area contributed by atoms with Gasteiger partial charge in [-0.25, -0.2) is 0 Å². The van der Waals surface area contributed by atoms with E-state index < -0.39 is 0 Å². The number of benzene rings is 3. The van der Waals surface area contributed by atoms with Crippen LogP contribution in [0.2, 0.25) is 0 Å². The number of carbonyl (C=O) groups is 1. The van der Waals surface area contributed by atoms with Gasteiger partial charge >= 0.3 is 0 Å². The zero-order valence-corrected chi connectivity index (χ0v) is 17.7. The highest BCUT2D eigenvalue weighted by atomic mass is 32.2. The van der Waals surface area contributed by atoms with Gasteiger partial charge in [-0.2, -0.15) is 0 Å². The minimum atomic E-state index is -0.108. The molecule has 0 aromatic heterocycles. The van der Waals surface area contributed by atoms with Crippen LogP contribution < -0.4 is 5.32 Å². The van der Waals surface area contributed by atoms with Crippen molar-refractivity contribution in [2.24, 2.45) is 0 Å². The SMILES string of the molecule is Cc1ccc(NC2S/C(=C\c3ccc(-c4ccc(C)cc4)cc3)C(=O)N2C)cc1. The van der Waals surface area contributed by atoms with Gasteiger partial charge in [-0.3, -0.25) is 4.79 Å². The van der Waals surface area contributed by atoms with Gasteiger partial charge in [0.15, 0.2) is 5.50 Å². The fourth-order valence-electron chi connectivity index (χ4n) is 3.21. The minimum absolute atomic E-state index is 0.0437. The van der Waals surface area contributed by atoms with Crippen molar-refractivity contribution in [3.63, 3.8) is 0 Å². The summed E-state index contributed by atoms with van der Waals surface area (Å²) in [6.45, 7) is 4.15. The van der Waals surface area contributed by atoms with Crippen molar-refractivity contribution < 1.29 is 4.79 Å². The van der Waals surface area contributed by atoms with Crippen molar-refractivity contribution in [2.75, 3.05) is 12.4 Å². The third-order valence-electron chi connectivity index (χ3n) is 5.06. The Labute approximate surface area is 176 Å². The van der Waals surface area contributed by atoms with E-state index in [2.05, 4.69) is 79.8 Å². The monoisotopic (exact) mass is 400 g/mol. The molecule has 0 aliphatic carbocycles. The molecule has 3 aromatic rings. The fraction of sp³-hybridized carbons (Fsp3) is 0.160. The highest BCUT2D eigenvalue weighted by molar-refractivity contribution is 8.05. The molecular weight excluding hydrogens is 376 g/mol. The molecule has 1 fully saturated rings. The third-order valence-corrected chi connectivity index (χ3v) is 6.26. The van der Waals surface area contributed by atoms with Gasteiger partial charge < -0.3 is 10.2 Å². The molecule has 4 heteroatoms. The summed E-state index contributed by atoms with van der Waals surface area (Å²) in [5.74, 6) is 0.0437. The van der Waals surface area contributed by atoms with Gasteiger partial charge in [-0.15, -0.1) is 0 Å². The summed E-state index contributed by atoms with van der Waals surface area (Å²) in [7, 11) is 1.84. The van der Waals surface area contributed by atoms with E-state index in [0.717, 1.165) is 16.2 Å². The summed E-state index contributed by atoms with van der Waals surface area (Å²) in [5, 5.41) is 3.43. The summed E-state index contributed by atoms with van der Waals surface area (Å²) in [5.41, 5.74) is 6.77. The van der Waals surface area contributed by atoms with Gasteiger partial charge in [0.1, 0.15) is 0 Å². The van der Waals surface area contributed by atoms with Crippen molar-refractivity contribution >= 4 is 29.4 Å². The Bertz CT molecular complexity index is 1040. The lowest BCUT2D eigenvalue weighted by Gasteiger charge is -2.20. The first-order valence-electron chi connectivity index (χ1n) is 9.65. The van der Waals surface area contributed by atoms with Crippen molar-refractivity contribution in [3.8, 4) is 11.1 Å². The van der Waals surface area contributed by atoms with Crippen molar-refractivity contribution in [3.05, 3.63) is 94.4 Å². The number of carbonyl (C=O) groups excluding carboxylic acids is 1. The summed E-state index contributed by atoms with van der Waals surface area (Å²) >= 11 is 1.55. The Morgan fingerprint density at radius 3 is 1.93 bits per heavy atom. The fourth-order valence-corrected chi connectivity index (χ4v) is 4.35. The Kier molecular flexibility index (Phi) is 5.45. The molecule has 146 valence electrons. The number of nitrogens with zero attached hydrogens (tertiary/aromatic N) is 1. The normalized spacial score (nSPS) is 17.8. The molecule has 3 aromatic carbocycles. The van der Waals surface area contributed by atoms with Crippen LogP contribution in [-0.4, -0.2) is 23.4 Å². The van der Waals surface area contributed by atoms with Gasteiger partial charge in [0.25, 0.3) is 5.91 Å². The van der Waals surface area contributed by atoms with Gasteiger partial charge in [0, 0.05) is 12.7 Å². The van der Waals surface area contributed by atoms with Crippen molar-refractivity contribution in [2.45, 2.75) is 19.3 Å². The molecule has 1 amide bonds. The number of amides is 1. The van der Waals surface area contributed by atoms with Crippen molar-refractivity contribution in [1.82, 2.24) is 4.90 Å². The summed E-state index contributed by atoms with van der Waals surface area (Å²) in [6.07, 6.45) is 1.97. The molecule has 1 N–H and O–H groups in total. The second-order valence-electron chi connectivity index (χ2n) is 7.39. The van der Waals surface area contributed by atoms with Gasteiger partial charge in [0.05, 0.1) is 4.91 Å². The van der Waals surface area contributed by atoms with E-state index in [4.69, 9.17) is 0 Å². The quantitative estimate of drug-likeness (QED) is 0.552. The van der Waals surface area contributed by atoms with E-state index in [1.165, 1.54) is 22.3 Å². The van der Waals surface area contributed by atoms with E-state index in [0.29, 0.717) is 0 Å². The summed E-state index contributed by atoms with van der Waals surface area (Å²) in [4.78, 5) is 15.2. The molecule has 0 bridgehead atoms. The number of rotatable bonds is 4. The maximum Gasteiger partial charge on any atom is 0.262 e. The number of anilines is 1. The first-order chi connectivity index (χ1) is 14.0. The molecule has 3 nitrogen and oxygen atoms in total. The van der Waals surface area contributed by atoms with Crippen LogP contribution in [0, 0.1) is 13.8 Å². The molecule has 0 spiro atoms. The number of nitrogens with one attached hydrogen (secondary N) is 1. The lowest BCUT2D eigenvalue weighted by atomic mass is 10.0. The van der Waals surface area contributed by atoms with Crippen molar-refractivity contribution in [1.29, 1.82) is 0 Å². The minimum Gasteiger partial charge on any atom is -0.356 e. The molecule has 0 saturated carbocycles. The van der Waals surface area contributed by atoms with Crippen LogP contribution in [0.4, 0.5) is 5.69 Å². The second kappa shape index (κ2) is 8.18. The van der Waals surface area contributed by atoms with Crippen LogP contribution in [0.5, 0.6) is 0 Å². The molecule has 4 rings (SSSR count). The van der Waals surface area contributed by atoms with Crippen LogP contribution in [0.3, 0.4) is 0 Å². The second-order valence-corrected chi connectivity index (χ2v) is 8.52. The standard InChI is InChI=1S/C25H24N2OS/c1-17-4-10-20(11-5-17)21-12-8-19(9-13-21)16-23-24(28)27(3)25(29-23)26-22-14-6-18(2)7-15-22/h4-16,25-26H,1-3H3/b23-16-. The number of aryl methyl sites for hydroxylation is 2. The van der Waals surface area contributed by atoms with E-state index in [-0.39, 0.29) is 11.4 Å². The van der Waals surface area contributed by atoms with Crippen LogP contribution in [0.15, 0.2) is 77.7 Å². The molecule has 1 heterocycles. The van der Waals surface area contributed by atoms with Gasteiger partial charge in [-0.05, 0) is 48.7 Å². The van der Waals surface area contributed by atoms with Crippen LogP contribution in [0.25, 0.3) is 17.2 Å². The zero-order chi connectivity index (χ0) is 20.4. The Morgan fingerprint density at radius 1 is 0.828 bits per heavy atom. The van der Waals surface area contributed by atoms with Crippen LogP contribution >= 0.6 is 11.8 Å². The first kappa shape index (κ1) is 19.3. The largest absolute Gasteiger partial charge is 0.356 e. The predicted octanol–water partition coefficient (Wildman–Crippen LogP) is 5.91.